The second-order valence-corrected chi connectivity index (χ2v) is 7.31. The summed E-state index contributed by atoms with van der Waals surface area (Å²) in [7, 11) is 0. The summed E-state index contributed by atoms with van der Waals surface area (Å²) in [5, 5.41) is 1.99. The van der Waals surface area contributed by atoms with Crippen molar-refractivity contribution < 1.29 is 14.3 Å². The molecule has 0 saturated carbocycles. The van der Waals surface area contributed by atoms with Crippen molar-refractivity contribution >= 4 is 23.1 Å². The van der Waals surface area contributed by atoms with Crippen molar-refractivity contribution in [3.05, 3.63) is 44.9 Å². The van der Waals surface area contributed by atoms with Gasteiger partial charge in [-0.1, -0.05) is 0 Å². The fourth-order valence-electron chi connectivity index (χ4n) is 3.17. The zero-order chi connectivity index (χ0) is 16.7. The van der Waals surface area contributed by atoms with Crippen LogP contribution in [0, 0.1) is 13.8 Å². The number of aryl methyl sites for hydroxylation is 2. The molecule has 5 heteroatoms. The van der Waals surface area contributed by atoms with Crippen LogP contribution in [0.4, 0.5) is 0 Å². The second-order valence-electron chi connectivity index (χ2n) is 6.40. The first-order valence-electron chi connectivity index (χ1n) is 7.89. The molecule has 4 nitrogen and oxygen atoms in total. The Kier molecular flexibility index (Phi) is 4.15. The summed E-state index contributed by atoms with van der Waals surface area (Å²) in [6.07, 6.45) is 0.577. The van der Waals surface area contributed by atoms with E-state index < -0.39 is 0 Å². The lowest BCUT2D eigenvalue weighted by molar-refractivity contribution is -0.149. The Bertz CT molecular complexity index is 769. The molecule has 1 aliphatic rings. The molecule has 1 aliphatic heterocycles. The van der Waals surface area contributed by atoms with Gasteiger partial charge in [-0.25, -0.2) is 0 Å². The number of carbonyl (C=O) groups is 2. The number of nitrogens with zero attached hydrogens (tertiary/aromatic N) is 1. The number of aromatic nitrogens is 1. The molecule has 0 saturated heterocycles. The van der Waals surface area contributed by atoms with Gasteiger partial charge in [-0.3, -0.25) is 9.59 Å². The van der Waals surface area contributed by atoms with Crippen molar-refractivity contribution in [3.63, 3.8) is 0 Å². The van der Waals surface area contributed by atoms with Crippen LogP contribution >= 0.6 is 11.3 Å². The first-order chi connectivity index (χ1) is 10.9. The third kappa shape index (κ3) is 2.85. The van der Waals surface area contributed by atoms with Crippen LogP contribution in [0.25, 0.3) is 0 Å². The first kappa shape index (κ1) is 16.0. The average Bonchev–Trinajstić information content (AvgIpc) is 3.12. The predicted octanol–water partition coefficient (Wildman–Crippen LogP) is 3.84. The van der Waals surface area contributed by atoms with E-state index in [0.29, 0.717) is 18.7 Å². The molecule has 0 aliphatic carbocycles. The van der Waals surface area contributed by atoms with E-state index in [-0.39, 0.29) is 23.8 Å². The van der Waals surface area contributed by atoms with Crippen molar-refractivity contribution in [2.75, 3.05) is 0 Å². The highest BCUT2D eigenvalue weighted by atomic mass is 32.1. The fraction of sp³-hybridized carbons (Fsp3) is 0.444. The Balaban J connectivity index is 1.94. The van der Waals surface area contributed by atoms with Gasteiger partial charge >= 0.3 is 5.97 Å². The maximum atomic E-state index is 12.8. The molecule has 23 heavy (non-hydrogen) atoms. The van der Waals surface area contributed by atoms with Gasteiger partial charge in [0.05, 0.1) is 22.6 Å². The van der Waals surface area contributed by atoms with Crippen molar-refractivity contribution in [3.8, 4) is 0 Å². The molecule has 0 aromatic carbocycles. The molecular formula is C18H21NO3S. The number of rotatable bonds is 4. The van der Waals surface area contributed by atoms with E-state index in [4.69, 9.17) is 4.74 Å². The molecule has 122 valence electrons. The standard InChI is InChI=1S/C18H21NO3S/c1-10(2)22-18(21)13-5-6-19-14(13)8-12(4)16(19)17(20)15-7-11(3)9-23-15/h7-10,13H,5-6H2,1-4H3. The van der Waals surface area contributed by atoms with Crippen molar-refractivity contribution in [2.45, 2.75) is 52.7 Å². The lowest BCUT2D eigenvalue weighted by Gasteiger charge is -2.12. The van der Waals surface area contributed by atoms with Gasteiger partial charge in [0.25, 0.3) is 0 Å². The highest BCUT2D eigenvalue weighted by Crippen LogP contribution is 2.35. The summed E-state index contributed by atoms with van der Waals surface area (Å²) in [4.78, 5) is 25.8. The molecule has 0 amide bonds. The van der Waals surface area contributed by atoms with Gasteiger partial charge < -0.3 is 9.30 Å². The minimum atomic E-state index is -0.261. The lowest BCUT2D eigenvalue weighted by Crippen LogP contribution is -2.18. The Hall–Kier alpha value is -1.88. The number of ether oxygens (including phenoxy) is 1. The van der Waals surface area contributed by atoms with Crippen LogP contribution in [0.3, 0.4) is 0 Å². The van der Waals surface area contributed by atoms with E-state index >= 15 is 0 Å². The topological polar surface area (TPSA) is 48.3 Å². The van der Waals surface area contributed by atoms with E-state index in [0.717, 1.165) is 21.7 Å². The second kappa shape index (κ2) is 5.96. The minimum Gasteiger partial charge on any atom is -0.462 e. The summed E-state index contributed by atoms with van der Waals surface area (Å²) in [6, 6.07) is 3.89. The maximum Gasteiger partial charge on any atom is 0.315 e. The Morgan fingerprint density at radius 2 is 2.04 bits per heavy atom. The first-order valence-corrected chi connectivity index (χ1v) is 8.76. The van der Waals surface area contributed by atoms with Gasteiger partial charge in [0.2, 0.25) is 5.78 Å². The molecular weight excluding hydrogens is 310 g/mol. The molecule has 3 heterocycles. The number of fused-ring (bicyclic) bond motifs is 1. The van der Waals surface area contributed by atoms with Crippen LogP contribution in [0.1, 0.15) is 58.4 Å². The summed E-state index contributed by atoms with van der Waals surface area (Å²) in [5.41, 5.74) is 3.65. The Morgan fingerprint density at radius 3 is 2.65 bits per heavy atom. The average molecular weight is 331 g/mol. The van der Waals surface area contributed by atoms with Gasteiger partial charge in [-0.05, 0) is 62.8 Å². The van der Waals surface area contributed by atoms with Crippen LogP contribution in [0.2, 0.25) is 0 Å². The highest BCUT2D eigenvalue weighted by molar-refractivity contribution is 7.12. The number of carbonyl (C=O) groups excluding carboxylic acids is 2. The normalized spacial score (nSPS) is 16.7. The van der Waals surface area contributed by atoms with Crippen LogP contribution in [-0.4, -0.2) is 22.4 Å². The number of thiophene rings is 1. The van der Waals surface area contributed by atoms with Gasteiger partial charge in [0.15, 0.2) is 0 Å². The third-order valence-corrected chi connectivity index (χ3v) is 5.17. The zero-order valence-electron chi connectivity index (χ0n) is 13.9. The van der Waals surface area contributed by atoms with Crippen molar-refractivity contribution in [1.29, 1.82) is 0 Å². The summed E-state index contributed by atoms with van der Waals surface area (Å²) >= 11 is 1.47. The molecule has 1 unspecified atom stereocenters. The zero-order valence-corrected chi connectivity index (χ0v) is 14.7. The minimum absolute atomic E-state index is 0.0460. The fourth-order valence-corrected chi connectivity index (χ4v) is 4.01. The Labute approximate surface area is 140 Å². The van der Waals surface area contributed by atoms with Gasteiger partial charge in [0, 0.05) is 12.2 Å². The van der Waals surface area contributed by atoms with Gasteiger partial charge in [-0.15, -0.1) is 11.3 Å². The molecule has 2 aromatic heterocycles. The van der Waals surface area contributed by atoms with E-state index in [9.17, 15) is 9.59 Å². The molecule has 0 bridgehead atoms. The van der Waals surface area contributed by atoms with Crippen molar-refractivity contribution in [1.82, 2.24) is 4.57 Å². The van der Waals surface area contributed by atoms with Crippen molar-refractivity contribution in [2.24, 2.45) is 0 Å². The molecule has 1 atom stereocenters. The summed E-state index contributed by atoms with van der Waals surface area (Å²) < 4.78 is 7.35. The van der Waals surface area contributed by atoms with E-state index in [1.54, 1.807) is 0 Å². The smallest absolute Gasteiger partial charge is 0.315 e. The van der Waals surface area contributed by atoms with Gasteiger partial charge in [-0.2, -0.15) is 0 Å². The number of hydrogen-bond acceptors (Lipinski definition) is 4. The predicted molar refractivity (Wildman–Crippen MR) is 90.2 cm³/mol. The molecule has 3 rings (SSSR count). The molecule has 0 radical (unpaired) electrons. The van der Waals surface area contributed by atoms with Gasteiger partial charge in [0.1, 0.15) is 0 Å². The summed E-state index contributed by atoms with van der Waals surface area (Å²) in [5.74, 6) is -0.408. The van der Waals surface area contributed by atoms with Crippen LogP contribution in [-0.2, 0) is 16.1 Å². The number of esters is 1. The SMILES string of the molecule is Cc1csc(C(=O)c2c(C)cc3n2CCC3C(=O)OC(C)C)c1. The van der Waals surface area contributed by atoms with E-state index in [1.165, 1.54) is 11.3 Å². The largest absolute Gasteiger partial charge is 0.462 e. The van der Waals surface area contributed by atoms with Crippen LogP contribution < -0.4 is 0 Å². The maximum absolute atomic E-state index is 12.8. The van der Waals surface area contributed by atoms with E-state index in [2.05, 4.69) is 0 Å². The lowest BCUT2D eigenvalue weighted by atomic mass is 10.0. The highest BCUT2D eigenvalue weighted by Gasteiger charge is 2.34. The molecule has 0 N–H and O–H groups in total. The number of ketones is 1. The quantitative estimate of drug-likeness (QED) is 0.632. The van der Waals surface area contributed by atoms with Crippen LogP contribution in [0.15, 0.2) is 17.5 Å². The third-order valence-electron chi connectivity index (χ3n) is 4.12. The van der Waals surface area contributed by atoms with Crippen LogP contribution in [0.5, 0.6) is 0 Å². The van der Waals surface area contributed by atoms with E-state index in [1.807, 2.05) is 49.8 Å². The molecule has 0 spiro atoms. The molecule has 0 fully saturated rings. The monoisotopic (exact) mass is 331 g/mol. The molecule has 2 aromatic rings. The number of hydrogen-bond donors (Lipinski definition) is 0. The Morgan fingerprint density at radius 1 is 1.30 bits per heavy atom. The summed E-state index contributed by atoms with van der Waals surface area (Å²) in [6.45, 7) is 8.31.